The topological polar surface area (TPSA) is 60.5 Å². The van der Waals surface area contributed by atoms with Gasteiger partial charge in [0.15, 0.2) is 5.65 Å². The second kappa shape index (κ2) is 8.66. The number of imidazole rings is 1. The van der Waals surface area contributed by atoms with E-state index in [1.165, 1.54) is 12.1 Å². The molecular formula is C27H24F2N6. The summed E-state index contributed by atoms with van der Waals surface area (Å²) in [6.07, 6.45) is 5.63. The van der Waals surface area contributed by atoms with Gasteiger partial charge in [-0.15, -0.1) is 5.10 Å². The number of nitriles is 1. The highest BCUT2D eigenvalue weighted by Crippen LogP contribution is 2.37. The third-order valence-corrected chi connectivity index (χ3v) is 7.07. The lowest BCUT2D eigenvalue weighted by Gasteiger charge is -2.26. The van der Waals surface area contributed by atoms with Gasteiger partial charge in [0.1, 0.15) is 23.5 Å². The lowest BCUT2D eigenvalue weighted by atomic mass is 10.0. The summed E-state index contributed by atoms with van der Waals surface area (Å²) in [7, 11) is 0. The molecule has 6 nitrogen and oxygen atoms in total. The smallest absolute Gasteiger partial charge is 0.154 e. The largest absolute Gasteiger partial charge is 0.370 e. The summed E-state index contributed by atoms with van der Waals surface area (Å²) < 4.78 is 30.3. The molecule has 35 heavy (non-hydrogen) atoms. The number of halogens is 2. The quantitative estimate of drug-likeness (QED) is 0.395. The second-order valence-corrected chi connectivity index (χ2v) is 9.16. The first-order chi connectivity index (χ1) is 17.1. The molecule has 0 saturated carbocycles. The third-order valence-electron chi connectivity index (χ3n) is 7.07. The van der Waals surface area contributed by atoms with Crippen molar-refractivity contribution >= 4 is 17.2 Å². The highest BCUT2D eigenvalue weighted by Gasteiger charge is 2.30. The van der Waals surface area contributed by atoms with Crippen LogP contribution in [0.4, 0.5) is 20.3 Å². The van der Waals surface area contributed by atoms with Gasteiger partial charge in [-0.2, -0.15) is 5.26 Å². The van der Waals surface area contributed by atoms with Crippen molar-refractivity contribution in [3.05, 3.63) is 77.5 Å². The van der Waals surface area contributed by atoms with Crippen LogP contribution in [0, 0.1) is 23.0 Å². The average molecular weight is 471 g/mol. The normalized spacial score (nSPS) is 17.9. The van der Waals surface area contributed by atoms with Crippen LogP contribution in [0.3, 0.4) is 0 Å². The van der Waals surface area contributed by atoms with Crippen LogP contribution in [0.25, 0.3) is 16.9 Å². The van der Waals surface area contributed by atoms with Gasteiger partial charge in [0, 0.05) is 30.8 Å². The van der Waals surface area contributed by atoms with Gasteiger partial charge >= 0.3 is 0 Å². The van der Waals surface area contributed by atoms with Crippen molar-refractivity contribution in [3.63, 3.8) is 0 Å². The summed E-state index contributed by atoms with van der Waals surface area (Å²) in [6.45, 7) is 2.60. The van der Waals surface area contributed by atoms with Gasteiger partial charge in [0.25, 0.3) is 0 Å². The van der Waals surface area contributed by atoms with E-state index in [1.54, 1.807) is 10.7 Å². The molecule has 176 valence electrons. The molecule has 0 bridgehead atoms. The predicted molar refractivity (Wildman–Crippen MR) is 130 cm³/mol. The molecule has 1 unspecified atom stereocenters. The van der Waals surface area contributed by atoms with Crippen molar-refractivity contribution in [1.29, 1.82) is 5.26 Å². The zero-order chi connectivity index (χ0) is 23.9. The number of fused-ring (bicyclic) bond motifs is 1. The Morgan fingerprint density at radius 1 is 0.943 bits per heavy atom. The standard InChI is InChI=1S/C27H24F2N6/c28-20-7-8-22(29)21(15-20)23-4-3-13-34(23)27-10-9-26-31-17-25(35(26)32-27)18-5-6-19(16-30)24(14-18)33-11-1-2-12-33/h5-10,14-15,17,23H,1-4,11-13H2. The van der Waals surface area contributed by atoms with E-state index in [-0.39, 0.29) is 6.04 Å². The third kappa shape index (κ3) is 3.77. The number of benzene rings is 2. The summed E-state index contributed by atoms with van der Waals surface area (Å²) >= 11 is 0. The van der Waals surface area contributed by atoms with Gasteiger partial charge in [0.2, 0.25) is 0 Å². The lowest BCUT2D eigenvalue weighted by Crippen LogP contribution is -2.25. The van der Waals surface area contributed by atoms with E-state index in [2.05, 4.69) is 16.0 Å². The van der Waals surface area contributed by atoms with Gasteiger partial charge in [-0.3, -0.25) is 0 Å². The van der Waals surface area contributed by atoms with Crippen LogP contribution in [0.15, 0.2) is 54.7 Å². The number of anilines is 2. The molecule has 1 atom stereocenters. The molecular weight excluding hydrogens is 446 g/mol. The fourth-order valence-electron chi connectivity index (χ4n) is 5.35. The van der Waals surface area contributed by atoms with E-state index in [9.17, 15) is 14.0 Å². The molecule has 2 aromatic heterocycles. The number of rotatable bonds is 4. The first kappa shape index (κ1) is 21.5. The van der Waals surface area contributed by atoms with Crippen molar-refractivity contribution in [3.8, 4) is 17.3 Å². The van der Waals surface area contributed by atoms with Gasteiger partial charge < -0.3 is 9.80 Å². The molecule has 0 aliphatic carbocycles. The van der Waals surface area contributed by atoms with Crippen molar-refractivity contribution in [2.24, 2.45) is 0 Å². The van der Waals surface area contributed by atoms with Crippen LogP contribution >= 0.6 is 0 Å². The van der Waals surface area contributed by atoms with Gasteiger partial charge in [0.05, 0.1) is 29.2 Å². The van der Waals surface area contributed by atoms with Crippen LogP contribution in [0.2, 0.25) is 0 Å². The minimum Gasteiger partial charge on any atom is -0.370 e. The summed E-state index contributed by atoms with van der Waals surface area (Å²) in [6, 6.07) is 15.3. The monoisotopic (exact) mass is 470 g/mol. The van der Waals surface area contributed by atoms with E-state index in [0.29, 0.717) is 29.1 Å². The van der Waals surface area contributed by atoms with Crippen LogP contribution in [0.1, 0.15) is 42.9 Å². The molecule has 8 heteroatoms. The molecule has 0 amide bonds. The number of hydrogen-bond donors (Lipinski definition) is 0. The van der Waals surface area contributed by atoms with Gasteiger partial charge in [-0.25, -0.2) is 18.3 Å². The maximum atomic E-state index is 14.6. The van der Waals surface area contributed by atoms with E-state index < -0.39 is 11.6 Å². The molecule has 2 aromatic carbocycles. The Kier molecular flexibility index (Phi) is 5.33. The van der Waals surface area contributed by atoms with Crippen molar-refractivity contribution in [2.75, 3.05) is 29.4 Å². The summed E-state index contributed by atoms with van der Waals surface area (Å²) in [5.41, 5.74) is 4.41. The zero-order valence-corrected chi connectivity index (χ0v) is 19.2. The maximum absolute atomic E-state index is 14.6. The number of hydrogen-bond acceptors (Lipinski definition) is 5. The Labute approximate surface area is 202 Å². The molecule has 0 spiro atoms. The molecule has 2 aliphatic heterocycles. The van der Waals surface area contributed by atoms with E-state index in [1.807, 2.05) is 35.2 Å². The zero-order valence-electron chi connectivity index (χ0n) is 19.2. The summed E-state index contributed by atoms with van der Waals surface area (Å²) in [5.74, 6) is -0.153. The van der Waals surface area contributed by atoms with E-state index in [4.69, 9.17) is 5.10 Å². The Hall–Kier alpha value is -3.99. The van der Waals surface area contributed by atoms with Crippen LogP contribution in [0.5, 0.6) is 0 Å². The minimum atomic E-state index is -0.442. The van der Waals surface area contributed by atoms with Crippen molar-refractivity contribution < 1.29 is 8.78 Å². The second-order valence-electron chi connectivity index (χ2n) is 9.16. The predicted octanol–water partition coefficient (Wildman–Crippen LogP) is 5.49. The first-order valence-electron chi connectivity index (χ1n) is 12.0. The lowest BCUT2D eigenvalue weighted by molar-refractivity contribution is 0.559. The summed E-state index contributed by atoms with van der Waals surface area (Å²) in [4.78, 5) is 8.82. The molecule has 2 aliphatic rings. The number of aromatic nitrogens is 3. The summed E-state index contributed by atoms with van der Waals surface area (Å²) in [5, 5.41) is 14.5. The molecule has 6 rings (SSSR count). The van der Waals surface area contributed by atoms with Crippen LogP contribution < -0.4 is 9.80 Å². The van der Waals surface area contributed by atoms with Crippen molar-refractivity contribution in [1.82, 2.24) is 14.6 Å². The molecule has 0 N–H and O–H groups in total. The first-order valence-corrected chi connectivity index (χ1v) is 12.0. The van der Waals surface area contributed by atoms with Gasteiger partial charge in [-0.05, 0) is 68.1 Å². The van der Waals surface area contributed by atoms with Crippen LogP contribution in [-0.4, -0.2) is 34.2 Å². The highest BCUT2D eigenvalue weighted by atomic mass is 19.1. The van der Waals surface area contributed by atoms with Crippen molar-refractivity contribution in [2.45, 2.75) is 31.7 Å². The molecule has 2 saturated heterocycles. The Morgan fingerprint density at radius 2 is 1.80 bits per heavy atom. The average Bonchev–Trinajstić information content (AvgIpc) is 3.65. The SMILES string of the molecule is N#Cc1ccc(-c2cnc3ccc(N4CCCC4c4cc(F)ccc4F)nn23)cc1N1CCCC1. The van der Waals surface area contributed by atoms with Crippen LogP contribution in [-0.2, 0) is 0 Å². The van der Waals surface area contributed by atoms with E-state index in [0.717, 1.165) is 61.8 Å². The Morgan fingerprint density at radius 3 is 2.63 bits per heavy atom. The van der Waals surface area contributed by atoms with Gasteiger partial charge in [-0.1, -0.05) is 6.07 Å². The Bertz CT molecular complexity index is 1450. The number of nitrogens with zero attached hydrogens (tertiary/aromatic N) is 6. The molecule has 4 heterocycles. The molecule has 0 radical (unpaired) electrons. The molecule has 2 fully saturated rings. The maximum Gasteiger partial charge on any atom is 0.154 e. The Balaban J connectivity index is 1.40. The highest BCUT2D eigenvalue weighted by molar-refractivity contribution is 5.72. The fraction of sp³-hybridized carbons (Fsp3) is 0.296. The van der Waals surface area contributed by atoms with E-state index >= 15 is 0 Å². The fourth-order valence-corrected chi connectivity index (χ4v) is 5.35. The minimum absolute atomic E-state index is 0.278. The molecule has 4 aromatic rings.